The molecule has 76 valence electrons. The molecule has 1 aliphatic carbocycles. The van der Waals surface area contributed by atoms with Crippen LogP contribution >= 0.6 is 0 Å². The van der Waals surface area contributed by atoms with Crippen LogP contribution in [0.4, 0.5) is 5.69 Å². The highest BCUT2D eigenvalue weighted by molar-refractivity contribution is 5.45. The van der Waals surface area contributed by atoms with Crippen LogP contribution in [0.15, 0.2) is 18.5 Å². The number of hydrogen-bond donors (Lipinski definition) is 3. The number of aromatic nitrogens is 1. The molecular weight excluding hydrogens is 178 g/mol. The van der Waals surface area contributed by atoms with Gasteiger partial charge < -0.3 is 16.6 Å². The summed E-state index contributed by atoms with van der Waals surface area (Å²) in [5.41, 5.74) is 12.3. The number of aliphatic hydroxyl groups is 1. The first-order chi connectivity index (χ1) is 6.59. The van der Waals surface area contributed by atoms with E-state index in [2.05, 4.69) is 4.98 Å². The standard InChI is InChI=1S/C10H15N3O/c11-8-4-10(14,5-8)3-7-6-13-2-1-9(7)12/h1-2,6,8,14H,3-5,11H2,(H2,12,13). The van der Waals surface area contributed by atoms with E-state index >= 15 is 0 Å². The summed E-state index contributed by atoms with van der Waals surface area (Å²) in [5.74, 6) is 0. The fourth-order valence-corrected chi connectivity index (χ4v) is 2.00. The number of rotatable bonds is 2. The number of nitrogens with two attached hydrogens (primary N) is 2. The minimum atomic E-state index is -0.656. The Morgan fingerprint density at radius 3 is 2.86 bits per heavy atom. The maximum absolute atomic E-state index is 9.99. The maximum Gasteiger partial charge on any atom is 0.0718 e. The average Bonchev–Trinajstić information content (AvgIpc) is 2.06. The second kappa shape index (κ2) is 3.22. The molecule has 0 spiro atoms. The van der Waals surface area contributed by atoms with Gasteiger partial charge in [0.25, 0.3) is 0 Å². The molecule has 2 rings (SSSR count). The Labute approximate surface area is 82.9 Å². The van der Waals surface area contributed by atoms with Crippen molar-refractivity contribution in [2.75, 3.05) is 5.73 Å². The molecule has 0 bridgehead atoms. The first-order valence-electron chi connectivity index (χ1n) is 4.75. The summed E-state index contributed by atoms with van der Waals surface area (Å²) in [6, 6.07) is 1.88. The Morgan fingerprint density at radius 2 is 2.29 bits per heavy atom. The van der Waals surface area contributed by atoms with Crippen molar-refractivity contribution in [1.29, 1.82) is 0 Å². The van der Waals surface area contributed by atoms with Gasteiger partial charge in [-0.2, -0.15) is 0 Å². The largest absolute Gasteiger partial charge is 0.398 e. The van der Waals surface area contributed by atoms with E-state index < -0.39 is 5.60 Å². The van der Waals surface area contributed by atoms with Gasteiger partial charge in [-0.1, -0.05) is 0 Å². The molecule has 0 aromatic carbocycles. The van der Waals surface area contributed by atoms with Crippen LogP contribution in [0.2, 0.25) is 0 Å². The molecule has 14 heavy (non-hydrogen) atoms. The van der Waals surface area contributed by atoms with E-state index in [9.17, 15) is 5.11 Å². The molecule has 4 nitrogen and oxygen atoms in total. The van der Waals surface area contributed by atoms with Crippen molar-refractivity contribution in [3.05, 3.63) is 24.0 Å². The Kier molecular flexibility index (Phi) is 2.17. The smallest absolute Gasteiger partial charge is 0.0718 e. The number of nitrogens with zero attached hydrogens (tertiary/aromatic N) is 1. The van der Waals surface area contributed by atoms with Crippen LogP contribution < -0.4 is 11.5 Å². The van der Waals surface area contributed by atoms with Gasteiger partial charge in [-0.15, -0.1) is 0 Å². The predicted molar refractivity (Wildman–Crippen MR) is 54.5 cm³/mol. The van der Waals surface area contributed by atoms with E-state index in [4.69, 9.17) is 11.5 Å². The van der Waals surface area contributed by atoms with Crippen molar-refractivity contribution >= 4 is 5.69 Å². The zero-order chi connectivity index (χ0) is 10.2. The highest BCUT2D eigenvalue weighted by Crippen LogP contribution is 2.34. The molecule has 5 N–H and O–H groups in total. The molecule has 0 amide bonds. The van der Waals surface area contributed by atoms with E-state index in [1.165, 1.54) is 0 Å². The number of hydrogen-bond acceptors (Lipinski definition) is 4. The Morgan fingerprint density at radius 1 is 1.57 bits per heavy atom. The van der Waals surface area contributed by atoms with E-state index in [-0.39, 0.29) is 6.04 Å². The minimum Gasteiger partial charge on any atom is -0.398 e. The molecule has 4 heteroatoms. The molecule has 0 unspecified atom stereocenters. The lowest BCUT2D eigenvalue weighted by atomic mass is 9.73. The molecule has 1 heterocycles. The van der Waals surface area contributed by atoms with Gasteiger partial charge in [0.1, 0.15) is 0 Å². The molecule has 1 aromatic rings. The molecule has 0 saturated heterocycles. The van der Waals surface area contributed by atoms with Crippen LogP contribution in [0.5, 0.6) is 0 Å². The van der Waals surface area contributed by atoms with Crippen molar-refractivity contribution in [2.45, 2.75) is 30.9 Å². The van der Waals surface area contributed by atoms with Crippen molar-refractivity contribution in [1.82, 2.24) is 4.98 Å². The zero-order valence-electron chi connectivity index (χ0n) is 7.98. The van der Waals surface area contributed by atoms with Crippen molar-refractivity contribution in [3.63, 3.8) is 0 Å². The second-order valence-electron chi connectivity index (χ2n) is 4.14. The van der Waals surface area contributed by atoms with Crippen LogP contribution in [0.25, 0.3) is 0 Å². The quantitative estimate of drug-likeness (QED) is 0.620. The zero-order valence-corrected chi connectivity index (χ0v) is 7.98. The molecule has 0 atom stereocenters. The predicted octanol–water partition coefficient (Wildman–Crippen LogP) is 0.0585. The second-order valence-corrected chi connectivity index (χ2v) is 4.14. The van der Waals surface area contributed by atoms with Gasteiger partial charge in [0.2, 0.25) is 0 Å². The van der Waals surface area contributed by atoms with Crippen molar-refractivity contribution in [2.24, 2.45) is 5.73 Å². The van der Waals surface area contributed by atoms with Gasteiger partial charge >= 0.3 is 0 Å². The Bertz CT molecular complexity index is 334. The summed E-state index contributed by atoms with van der Waals surface area (Å²) in [6.07, 6.45) is 5.22. The lowest BCUT2D eigenvalue weighted by Gasteiger charge is -2.42. The molecule has 0 aliphatic heterocycles. The first kappa shape index (κ1) is 9.43. The Balaban J connectivity index is 2.08. The summed E-state index contributed by atoms with van der Waals surface area (Å²) < 4.78 is 0. The lowest BCUT2D eigenvalue weighted by Crippen LogP contribution is -2.52. The summed E-state index contributed by atoms with van der Waals surface area (Å²) >= 11 is 0. The first-order valence-corrected chi connectivity index (χ1v) is 4.75. The van der Waals surface area contributed by atoms with Gasteiger partial charge in [0.05, 0.1) is 5.60 Å². The van der Waals surface area contributed by atoms with Gasteiger partial charge in [-0.25, -0.2) is 0 Å². The molecule has 1 saturated carbocycles. The molecular formula is C10H15N3O. The van der Waals surface area contributed by atoms with Gasteiger partial charge in [0.15, 0.2) is 0 Å². The van der Waals surface area contributed by atoms with Crippen molar-refractivity contribution < 1.29 is 5.11 Å². The Hall–Kier alpha value is -1.13. The SMILES string of the molecule is Nc1ccncc1CC1(O)CC(N)C1. The average molecular weight is 193 g/mol. The minimum absolute atomic E-state index is 0.137. The van der Waals surface area contributed by atoms with E-state index in [0.29, 0.717) is 24.9 Å². The van der Waals surface area contributed by atoms with E-state index in [1.807, 2.05) is 0 Å². The lowest BCUT2D eigenvalue weighted by molar-refractivity contribution is -0.0454. The number of nitrogen functional groups attached to an aromatic ring is 1. The van der Waals surface area contributed by atoms with Gasteiger partial charge in [-0.05, 0) is 24.5 Å². The third-order valence-corrected chi connectivity index (χ3v) is 2.75. The third kappa shape index (κ3) is 1.71. The highest BCUT2D eigenvalue weighted by Gasteiger charge is 2.40. The number of pyridine rings is 1. The molecule has 1 fully saturated rings. The summed E-state index contributed by atoms with van der Waals surface area (Å²) in [6.45, 7) is 0. The van der Waals surface area contributed by atoms with E-state index in [1.54, 1.807) is 18.5 Å². The summed E-state index contributed by atoms with van der Waals surface area (Å²) in [4.78, 5) is 3.98. The fourth-order valence-electron chi connectivity index (χ4n) is 2.00. The van der Waals surface area contributed by atoms with Crippen LogP contribution in [0.1, 0.15) is 18.4 Å². The van der Waals surface area contributed by atoms with Crippen LogP contribution in [-0.2, 0) is 6.42 Å². The van der Waals surface area contributed by atoms with E-state index in [0.717, 1.165) is 5.56 Å². The highest BCUT2D eigenvalue weighted by atomic mass is 16.3. The molecule has 1 aliphatic rings. The van der Waals surface area contributed by atoms with Crippen LogP contribution in [0, 0.1) is 0 Å². The topological polar surface area (TPSA) is 85.2 Å². The summed E-state index contributed by atoms with van der Waals surface area (Å²) in [7, 11) is 0. The summed E-state index contributed by atoms with van der Waals surface area (Å²) in [5, 5.41) is 9.99. The fraction of sp³-hybridized carbons (Fsp3) is 0.500. The van der Waals surface area contributed by atoms with Gasteiger partial charge in [0, 0.05) is 30.5 Å². The van der Waals surface area contributed by atoms with Gasteiger partial charge in [-0.3, -0.25) is 4.98 Å². The normalized spacial score (nSPS) is 31.1. The number of anilines is 1. The van der Waals surface area contributed by atoms with Crippen molar-refractivity contribution in [3.8, 4) is 0 Å². The maximum atomic E-state index is 9.99. The third-order valence-electron chi connectivity index (χ3n) is 2.75. The van der Waals surface area contributed by atoms with Crippen LogP contribution in [-0.4, -0.2) is 21.7 Å². The monoisotopic (exact) mass is 193 g/mol. The van der Waals surface area contributed by atoms with Crippen LogP contribution in [0.3, 0.4) is 0 Å². The molecule has 0 radical (unpaired) electrons. The molecule has 1 aromatic heterocycles.